The molecule has 0 N–H and O–H groups in total. The van der Waals surface area contributed by atoms with Gasteiger partial charge in [-0.05, 0) is 111 Å². The molecule has 1 nitrogen and oxygen atoms in total. The van der Waals surface area contributed by atoms with E-state index >= 15 is 0 Å². The molecule has 0 aromatic heterocycles. The summed E-state index contributed by atoms with van der Waals surface area (Å²) >= 11 is 0. The normalized spacial score (nSPS) is 16.6. The number of rotatable bonds is 4. The predicted molar refractivity (Wildman–Crippen MR) is 176 cm³/mol. The second-order valence-electron chi connectivity index (χ2n) is 12.4. The zero-order chi connectivity index (χ0) is 28.3. The van der Waals surface area contributed by atoms with E-state index in [1.807, 2.05) is 0 Å². The molecular formula is C41H34O. The third-order valence-electron chi connectivity index (χ3n) is 9.61. The molecule has 0 radical (unpaired) electrons. The molecule has 0 fully saturated rings. The fraction of sp³-hybridized carbons (Fsp3) is 0.171. The van der Waals surface area contributed by atoms with Crippen LogP contribution in [0.5, 0.6) is 11.5 Å². The van der Waals surface area contributed by atoms with E-state index in [2.05, 4.69) is 135 Å². The first-order valence-electron chi connectivity index (χ1n) is 15.2. The first kappa shape index (κ1) is 25.1. The van der Waals surface area contributed by atoms with E-state index in [0.29, 0.717) is 0 Å². The number of hydrogen-bond donors (Lipinski definition) is 0. The first-order chi connectivity index (χ1) is 20.5. The van der Waals surface area contributed by atoms with E-state index < -0.39 is 0 Å². The lowest BCUT2D eigenvalue weighted by Gasteiger charge is -2.24. The molecule has 0 spiro atoms. The summed E-state index contributed by atoms with van der Waals surface area (Å²) in [4.78, 5) is 0. The highest BCUT2D eigenvalue weighted by Crippen LogP contribution is 2.51. The van der Waals surface area contributed by atoms with Crippen LogP contribution >= 0.6 is 0 Å². The van der Waals surface area contributed by atoms with Crippen molar-refractivity contribution in [2.24, 2.45) is 0 Å². The zero-order valence-corrected chi connectivity index (χ0v) is 24.3. The second kappa shape index (κ2) is 9.74. The van der Waals surface area contributed by atoms with Crippen LogP contribution in [0.4, 0.5) is 0 Å². The summed E-state index contributed by atoms with van der Waals surface area (Å²) in [5.74, 6) is 1.78. The van der Waals surface area contributed by atoms with E-state index in [-0.39, 0.29) is 5.41 Å². The summed E-state index contributed by atoms with van der Waals surface area (Å²) in [5, 5.41) is 2.33. The quantitative estimate of drug-likeness (QED) is 0.219. The smallest absolute Gasteiger partial charge is 0.135 e. The van der Waals surface area contributed by atoms with Gasteiger partial charge in [-0.1, -0.05) is 111 Å². The van der Waals surface area contributed by atoms with Gasteiger partial charge in [-0.2, -0.15) is 0 Å². The molecule has 0 aliphatic heterocycles. The van der Waals surface area contributed by atoms with Crippen LogP contribution in [0.1, 0.15) is 60.9 Å². The van der Waals surface area contributed by atoms with Crippen LogP contribution in [0.2, 0.25) is 0 Å². The first-order valence-corrected chi connectivity index (χ1v) is 15.2. The van der Waals surface area contributed by atoms with Gasteiger partial charge in [0.05, 0.1) is 0 Å². The van der Waals surface area contributed by atoms with Gasteiger partial charge in [-0.25, -0.2) is 0 Å². The maximum atomic E-state index is 6.49. The third-order valence-corrected chi connectivity index (χ3v) is 9.61. The largest absolute Gasteiger partial charge is 0.457 e. The topological polar surface area (TPSA) is 9.23 Å². The molecule has 3 aliphatic rings. The van der Waals surface area contributed by atoms with E-state index in [4.69, 9.17) is 4.74 Å². The lowest BCUT2D eigenvalue weighted by Crippen LogP contribution is -2.15. The standard InChI is InChI=1S/C41H34O/c1-41(2)38-25-33(29-16-14-28(15-17-29)32-19-18-27-8-3-4-10-31(27)24-32)20-22-36(38)37-23-21-34(26-39(37)41)42-40-13-7-11-30-9-5-6-12-35(30)40/h3-14,16,20-26H,15,17-19H2,1-2H3. The van der Waals surface area contributed by atoms with Crippen LogP contribution in [0.15, 0.2) is 126 Å². The van der Waals surface area contributed by atoms with Crippen LogP contribution in [0, 0.1) is 0 Å². The zero-order valence-electron chi connectivity index (χ0n) is 24.3. The Morgan fingerprint density at radius 3 is 2.19 bits per heavy atom. The fourth-order valence-electron chi connectivity index (χ4n) is 7.22. The highest BCUT2D eigenvalue weighted by Gasteiger charge is 2.36. The summed E-state index contributed by atoms with van der Waals surface area (Å²) in [7, 11) is 0. The lowest BCUT2D eigenvalue weighted by molar-refractivity contribution is 0.486. The van der Waals surface area contributed by atoms with Crippen LogP contribution < -0.4 is 4.74 Å². The monoisotopic (exact) mass is 542 g/mol. The Labute approximate surface area is 248 Å². The summed E-state index contributed by atoms with van der Waals surface area (Å²) < 4.78 is 6.49. The highest BCUT2D eigenvalue weighted by molar-refractivity contribution is 5.89. The molecule has 204 valence electrons. The number of allylic oxidation sites excluding steroid dienone is 5. The molecule has 5 aromatic carbocycles. The molecule has 5 aromatic rings. The van der Waals surface area contributed by atoms with Crippen molar-refractivity contribution < 1.29 is 4.74 Å². The van der Waals surface area contributed by atoms with Crippen molar-refractivity contribution in [1.82, 2.24) is 0 Å². The SMILES string of the molecule is CC1(C)c2cc(Oc3cccc4ccccc34)ccc2-c2ccc(C3=CC=C(C4=Cc5ccccc5CC4)CC3)cc21. The van der Waals surface area contributed by atoms with Crippen LogP contribution in [-0.2, 0) is 11.8 Å². The van der Waals surface area contributed by atoms with E-state index in [0.717, 1.165) is 42.6 Å². The van der Waals surface area contributed by atoms with Crippen molar-refractivity contribution in [1.29, 1.82) is 0 Å². The fourth-order valence-corrected chi connectivity index (χ4v) is 7.22. The molecule has 3 aliphatic carbocycles. The van der Waals surface area contributed by atoms with E-state index in [1.54, 1.807) is 0 Å². The van der Waals surface area contributed by atoms with E-state index in [1.165, 1.54) is 61.0 Å². The Morgan fingerprint density at radius 2 is 1.31 bits per heavy atom. The van der Waals surface area contributed by atoms with Gasteiger partial charge in [0.2, 0.25) is 0 Å². The average Bonchev–Trinajstić information content (AvgIpc) is 3.26. The summed E-state index contributed by atoms with van der Waals surface area (Å²) in [5.41, 5.74) is 13.9. The molecular weight excluding hydrogens is 508 g/mol. The molecule has 0 saturated carbocycles. The average molecular weight is 543 g/mol. The Kier molecular flexibility index (Phi) is 5.82. The molecule has 42 heavy (non-hydrogen) atoms. The Balaban J connectivity index is 1.08. The van der Waals surface area contributed by atoms with E-state index in [9.17, 15) is 0 Å². The molecule has 0 saturated heterocycles. The van der Waals surface area contributed by atoms with Gasteiger partial charge >= 0.3 is 0 Å². The Hall–Kier alpha value is -4.62. The van der Waals surface area contributed by atoms with Crippen molar-refractivity contribution in [3.63, 3.8) is 0 Å². The number of aryl methyl sites for hydroxylation is 1. The number of benzene rings is 5. The lowest BCUT2D eigenvalue weighted by atomic mass is 9.80. The van der Waals surface area contributed by atoms with Gasteiger partial charge in [-0.3, -0.25) is 0 Å². The van der Waals surface area contributed by atoms with Gasteiger partial charge in [0, 0.05) is 10.8 Å². The minimum atomic E-state index is -0.102. The molecule has 0 heterocycles. The Morgan fingerprint density at radius 1 is 0.595 bits per heavy atom. The molecule has 0 atom stereocenters. The van der Waals surface area contributed by atoms with Gasteiger partial charge in [0.25, 0.3) is 0 Å². The number of fused-ring (bicyclic) bond motifs is 5. The van der Waals surface area contributed by atoms with Gasteiger partial charge in [0.15, 0.2) is 0 Å². The number of ether oxygens (including phenoxy) is 1. The second-order valence-corrected chi connectivity index (χ2v) is 12.4. The minimum Gasteiger partial charge on any atom is -0.457 e. The predicted octanol–water partition coefficient (Wildman–Crippen LogP) is 11.1. The van der Waals surface area contributed by atoms with Crippen LogP contribution in [-0.4, -0.2) is 0 Å². The molecule has 0 bridgehead atoms. The molecule has 1 heteroatoms. The van der Waals surface area contributed by atoms with Crippen molar-refractivity contribution in [2.75, 3.05) is 0 Å². The van der Waals surface area contributed by atoms with Gasteiger partial charge in [0.1, 0.15) is 11.5 Å². The molecule has 8 rings (SSSR count). The summed E-state index contributed by atoms with van der Waals surface area (Å²) in [6, 6.07) is 37.2. The van der Waals surface area contributed by atoms with Crippen molar-refractivity contribution in [3.05, 3.63) is 154 Å². The van der Waals surface area contributed by atoms with Crippen molar-refractivity contribution in [3.8, 4) is 22.6 Å². The summed E-state index contributed by atoms with van der Waals surface area (Å²) in [6.45, 7) is 4.70. The molecule has 0 unspecified atom stereocenters. The third kappa shape index (κ3) is 4.15. The molecule has 0 amide bonds. The van der Waals surface area contributed by atoms with Crippen LogP contribution in [0.25, 0.3) is 33.5 Å². The maximum Gasteiger partial charge on any atom is 0.135 e. The maximum absolute atomic E-state index is 6.49. The summed E-state index contributed by atoms with van der Waals surface area (Å²) in [6.07, 6.45) is 11.6. The van der Waals surface area contributed by atoms with Crippen LogP contribution in [0.3, 0.4) is 0 Å². The van der Waals surface area contributed by atoms with Crippen molar-refractivity contribution >= 4 is 22.4 Å². The van der Waals surface area contributed by atoms with Gasteiger partial charge in [-0.15, -0.1) is 0 Å². The van der Waals surface area contributed by atoms with Crippen molar-refractivity contribution in [2.45, 2.75) is 44.9 Å². The Bertz CT molecular complexity index is 1970. The highest BCUT2D eigenvalue weighted by atomic mass is 16.5. The minimum absolute atomic E-state index is 0.102. The van der Waals surface area contributed by atoms with Gasteiger partial charge < -0.3 is 4.74 Å². The number of hydrogen-bond acceptors (Lipinski definition) is 1.